The normalized spacial score (nSPS) is 10.4. The van der Waals surface area contributed by atoms with Crippen LogP contribution in [0.4, 0.5) is 24.8 Å². The number of anilines is 2. The van der Waals surface area contributed by atoms with E-state index in [-0.39, 0.29) is 17.5 Å². The lowest BCUT2D eigenvalue weighted by Gasteiger charge is -2.19. The molecule has 6 heteroatoms. The van der Waals surface area contributed by atoms with Crippen LogP contribution in [0.15, 0.2) is 30.3 Å². The number of benzene rings is 1. The molecule has 3 nitrogen and oxygen atoms in total. The van der Waals surface area contributed by atoms with E-state index in [1.54, 1.807) is 19.2 Å². The van der Waals surface area contributed by atoms with Crippen molar-refractivity contribution in [3.63, 3.8) is 0 Å². The molecule has 106 valence electrons. The van der Waals surface area contributed by atoms with Crippen LogP contribution >= 0.6 is 0 Å². The van der Waals surface area contributed by atoms with Crippen molar-refractivity contribution >= 4 is 11.6 Å². The quantitative estimate of drug-likeness (QED) is 0.933. The molecule has 0 amide bonds. The average Bonchev–Trinajstić information content (AvgIpc) is 2.41. The van der Waals surface area contributed by atoms with Crippen LogP contribution in [0.25, 0.3) is 0 Å². The second kappa shape index (κ2) is 5.81. The Kier molecular flexibility index (Phi) is 4.12. The van der Waals surface area contributed by atoms with Crippen LogP contribution in [0.3, 0.4) is 0 Å². The molecular weight excluding hydrogens is 267 g/mol. The molecule has 20 heavy (non-hydrogen) atoms. The van der Waals surface area contributed by atoms with Crippen molar-refractivity contribution in [1.82, 2.24) is 4.98 Å². The molecule has 0 fully saturated rings. The van der Waals surface area contributed by atoms with E-state index in [0.29, 0.717) is 6.54 Å². The van der Waals surface area contributed by atoms with E-state index < -0.39 is 11.6 Å². The predicted molar refractivity (Wildman–Crippen MR) is 72.2 cm³/mol. The largest absolute Gasteiger partial charge is 0.371 e. The summed E-state index contributed by atoms with van der Waals surface area (Å²) >= 11 is 0. The van der Waals surface area contributed by atoms with Crippen molar-refractivity contribution in [2.45, 2.75) is 6.54 Å². The Morgan fingerprint density at radius 3 is 2.35 bits per heavy atom. The second-order valence-electron chi connectivity index (χ2n) is 4.36. The zero-order valence-electron chi connectivity index (χ0n) is 11.1. The maximum absolute atomic E-state index is 13.8. The number of hydrogen-bond acceptors (Lipinski definition) is 3. The molecule has 1 aromatic carbocycles. The van der Waals surface area contributed by atoms with Gasteiger partial charge in [0.15, 0.2) is 23.3 Å². The first-order valence-electron chi connectivity index (χ1n) is 6.00. The van der Waals surface area contributed by atoms with Gasteiger partial charge < -0.3 is 10.2 Å². The van der Waals surface area contributed by atoms with Gasteiger partial charge in [0.05, 0.1) is 0 Å². The molecule has 0 radical (unpaired) electrons. The lowest BCUT2D eigenvalue weighted by Crippen LogP contribution is -2.20. The summed E-state index contributed by atoms with van der Waals surface area (Å²) in [5.74, 6) is -1.82. The maximum Gasteiger partial charge on any atom is 0.168 e. The Hall–Kier alpha value is -2.24. The highest BCUT2D eigenvalue weighted by atomic mass is 19.1. The predicted octanol–water partition coefficient (Wildman–Crippen LogP) is 3.18. The first-order valence-corrected chi connectivity index (χ1v) is 6.00. The topological polar surface area (TPSA) is 28.2 Å². The number of aromatic nitrogens is 1. The molecule has 0 bridgehead atoms. The molecule has 0 aliphatic rings. The second-order valence-corrected chi connectivity index (χ2v) is 4.36. The molecule has 0 saturated heterocycles. The van der Waals surface area contributed by atoms with Gasteiger partial charge in [-0.15, -0.1) is 0 Å². The molecule has 1 N–H and O–H groups in total. The van der Waals surface area contributed by atoms with Crippen LogP contribution in [-0.2, 0) is 6.54 Å². The average molecular weight is 281 g/mol. The van der Waals surface area contributed by atoms with E-state index in [0.717, 1.165) is 11.6 Å². The lowest BCUT2D eigenvalue weighted by atomic mass is 10.2. The molecule has 1 aromatic heterocycles. The SMILES string of the molecule is CNc1nc(N(C)Cc2ccc(F)cc2)c(F)cc1F. The van der Waals surface area contributed by atoms with Gasteiger partial charge in [-0.3, -0.25) is 0 Å². The van der Waals surface area contributed by atoms with Crippen LogP contribution in [0.2, 0.25) is 0 Å². The Morgan fingerprint density at radius 1 is 1.10 bits per heavy atom. The van der Waals surface area contributed by atoms with Gasteiger partial charge in [-0.25, -0.2) is 18.2 Å². The molecule has 1 heterocycles. The maximum atomic E-state index is 13.8. The fourth-order valence-corrected chi connectivity index (χ4v) is 1.84. The molecule has 0 spiro atoms. The number of hydrogen-bond donors (Lipinski definition) is 1. The Balaban J connectivity index is 2.24. The number of nitrogens with one attached hydrogen (secondary N) is 1. The zero-order valence-corrected chi connectivity index (χ0v) is 11.1. The molecule has 2 rings (SSSR count). The van der Waals surface area contributed by atoms with Crippen molar-refractivity contribution in [3.05, 3.63) is 53.3 Å². The monoisotopic (exact) mass is 281 g/mol. The van der Waals surface area contributed by atoms with Crippen molar-refractivity contribution in [2.24, 2.45) is 0 Å². The molecular formula is C14H14F3N3. The van der Waals surface area contributed by atoms with E-state index in [1.807, 2.05) is 0 Å². The van der Waals surface area contributed by atoms with Crippen LogP contribution < -0.4 is 10.2 Å². The summed E-state index contributed by atoms with van der Waals surface area (Å²) in [6.45, 7) is 0.332. The smallest absolute Gasteiger partial charge is 0.168 e. The highest BCUT2D eigenvalue weighted by Gasteiger charge is 2.14. The summed E-state index contributed by atoms with van der Waals surface area (Å²) in [4.78, 5) is 5.43. The van der Waals surface area contributed by atoms with Gasteiger partial charge in [0.1, 0.15) is 5.82 Å². The molecule has 0 aliphatic heterocycles. The van der Waals surface area contributed by atoms with Crippen LogP contribution in [0.1, 0.15) is 5.56 Å². The molecule has 0 saturated carbocycles. The van der Waals surface area contributed by atoms with E-state index in [4.69, 9.17) is 0 Å². The summed E-state index contributed by atoms with van der Waals surface area (Å²) in [7, 11) is 3.14. The van der Waals surface area contributed by atoms with Crippen molar-refractivity contribution in [1.29, 1.82) is 0 Å². The zero-order chi connectivity index (χ0) is 14.7. The Labute approximate surface area is 115 Å². The highest BCUT2D eigenvalue weighted by Crippen LogP contribution is 2.22. The van der Waals surface area contributed by atoms with Crippen molar-refractivity contribution < 1.29 is 13.2 Å². The van der Waals surface area contributed by atoms with Gasteiger partial charge in [-0.1, -0.05) is 12.1 Å². The van der Waals surface area contributed by atoms with Gasteiger partial charge in [0.25, 0.3) is 0 Å². The van der Waals surface area contributed by atoms with E-state index >= 15 is 0 Å². The molecule has 0 unspecified atom stereocenters. The fourth-order valence-electron chi connectivity index (χ4n) is 1.84. The number of halogens is 3. The Bertz CT molecular complexity index is 599. The van der Waals surface area contributed by atoms with Gasteiger partial charge in [0.2, 0.25) is 0 Å². The molecule has 2 aromatic rings. The van der Waals surface area contributed by atoms with Crippen LogP contribution in [0.5, 0.6) is 0 Å². The number of nitrogens with zero attached hydrogens (tertiary/aromatic N) is 2. The molecule has 0 atom stereocenters. The highest BCUT2D eigenvalue weighted by molar-refractivity contribution is 5.49. The Morgan fingerprint density at radius 2 is 1.75 bits per heavy atom. The summed E-state index contributed by atoms with van der Waals surface area (Å²) < 4.78 is 39.9. The van der Waals surface area contributed by atoms with Crippen LogP contribution in [0, 0.1) is 17.5 Å². The number of rotatable bonds is 4. The van der Waals surface area contributed by atoms with Gasteiger partial charge in [-0.05, 0) is 17.7 Å². The standard InChI is InChI=1S/C14H14F3N3/c1-18-13-11(16)7-12(17)14(19-13)20(2)8-9-3-5-10(15)6-4-9/h3-7H,8H2,1-2H3,(H,18,19). The minimum absolute atomic E-state index is 0.0210. The van der Waals surface area contributed by atoms with Gasteiger partial charge in [0, 0.05) is 26.7 Å². The third kappa shape index (κ3) is 3.01. The van der Waals surface area contributed by atoms with Gasteiger partial charge in [-0.2, -0.15) is 0 Å². The minimum atomic E-state index is -0.746. The third-order valence-electron chi connectivity index (χ3n) is 2.84. The first kappa shape index (κ1) is 14.2. The first-order chi connectivity index (χ1) is 9.51. The summed E-state index contributed by atoms with van der Waals surface area (Å²) in [6, 6.07) is 6.65. The van der Waals surface area contributed by atoms with Gasteiger partial charge >= 0.3 is 0 Å². The third-order valence-corrected chi connectivity index (χ3v) is 2.84. The summed E-state index contributed by atoms with van der Waals surface area (Å²) in [6.07, 6.45) is 0. The minimum Gasteiger partial charge on any atom is -0.371 e. The summed E-state index contributed by atoms with van der Waals surface area (Å²) in [5.41, 5.74) is 0.797. The van der Waals surface area contributed by atoms with Crippen molar-refractivity contribution in [3.8, 4) is 0 Å². The van der Waals surface area contributed by atoms with E-state index in [2.05, 4.69) is 10.3 Å². The summed E-state index contributed by atoms with van der Waals surface area (Å²) in [5, 5.41) is 2.56. The molecule has 0 aliphatic carbocycles. The number of pyridine rings is 1. The van der Waals surface area contributed by atoms with E-state index in [9.17, 15) is 13.2 Å². The van der Waals surface area contributed by atoms with Crippen LogP contribution in [-0.4, -0.2) is 19.1 Å². The van der Waals surface area contributed by atoms with E-state index in [1.165, 1.54) is 24.1 Å². The lowest BCUT2D eigenvalue weighted by molar-refractivity contribution is 0.573. The fraction of sp³-hybridized carbons (Fsp3) is 0.214. The van der Waals surface area contributed by atoms with Crippen molar-refractivity contribution in [2.75, 3.05) is 24.3 Å².